The zero-order valence-corrected chi connectivity index (χ0v) is 17.4. The zero-order valence-electron chi connectivity index (χ0n) is 17.4. The third kappa shape index (κ3) is 5.22. The molecule has 1 nitrogen and oxygen atoms in total. The molecule has 0 amide bonds. The normalized spacial score (nSPS) is 19.5. The lowest BCUT2D eigenvalue weighted by molar-refractivity contribution is -0.0218. The molecule has 0 aliphatic carbocycles. The van der Waals surface area contributed by atoms with Gasteiger partial charge in [0.05, 0.1) is 12.7 Å². The molecule has 158 valence electrons. The molecule has 2 aromatic carbocycles. The molecule has 0 bridgehead atoms. The minimum absolute atomic E-state index is 0.0416. The van der Waals surface area contributed by atoms with Crippen LogP contribution < -0.4 is 0 Å². The first-order valence-electron chi connectivity index (χ1n) is 10.9. The molecule has 29 heavy (non-hydrogen) atoms. The van der Waals surface area contributed by atoms with Crippen LogP contribution in [0.15, 0.2) is 30.3 Å². The highest BCUT2D eigenvalue weighted by Crippen LogP contribution is 2.37. The summed E-state index contributed by atoms with van der Waals surface area (Å²) in [5, 5.41) is 0. The predicted octanol–water partition coefficient (Wildman–Crippen LogP) is 7.77. The predicted molar refractivity (Wildman–Crippen MR) is 111 cm³/mol. The summed E-state index contributed by atoms with van der Waals surface area (Å²) in [6, 6.07) is 7.75. The number of halogens is 3. The van der Waals surface area contributed by atoms with Crippen LogP contribution in [0.2, 0.25) is 0 Å². The molecule has 1 fully saturated rings. The summed E-state index contributed by atoms with van der Waals surface area (Å²) >= 11 is 0. The average molecular weight is 405 g/mol. The van der Waals surface area contributed by atoms with Gasteiger partial charge < -0.3 is 4.74 Å². The maximum absolute atomic E-state index is 14.8. The van der Waals surface area contributed by atoms with Gasteiger partial charge in [-0.15, -0.1) is 0 Å². The van der Waals surface area contributed by atoms with Crippen LogP contribution in [0, 0.1) is 23.4 Å². The van der Waals surface area contributed by atoms with Crippen LogP contribution in [0.5, 0.6) is 0 Å². The Bertz CT molecular complexity index is 810. The molecule has 0 N–H and O–H groups in total. The Morgan fingerprint density at radius 2 is 1.69 bits per heavy atom. The first-order chi connectivity index (χ1) is 14.0. The van der Waals surface area contributed by atoms with Crippen LogP contribution in [-0.2, 0) is 11.2 Å². The lowest BCUT2D eigenvalue weighted by atomic mass is 9.90. The highest BCUT2D eigenvalue weighted by molar-refractivity contribution is 5.66. The van der Waals surface area contributed by atoms with Crippen molar-refractivity contribution < 1.29 is 17.9 Å². The third-order valence-electron chi connectivity index (χ3n) is 5.91. The van der Waals surface area contributed by atoms with Crippen molar-refractivity contribution in [1.82, 2.24) is 0 Å². The van der Waals surface area contributed by atoms with Crippen LogP contribution in [-0.4, -0.2) is 6.61 Å². The largest absolute Gasteiger partial charge is 0.373 e. The molecule has 2 atom stereocenters. The summed E-state index contributed by atoms with van der Waals surface area (Å²) < 4.78 is 50.0. The molecule has 1 aliphatic heterocycles. The van der Waals surface area contributed by atoms with Crippen LogP contribution in [0.1, 0.15) is 76.0 Å². The van der Waals surface area contributed by atoms with E-state index in [2.05, 4.69) is 6.92 Å². The second-order valence-electron chi connectivity index (χ2n) is 8.16. The van der Waals surface area contributed by atoms with Gasteiger partial charge in [0.25, 0.3) is 0 Å². The van der Waals surface area contributed by atoms with Crippen LogP contribution >= 0.6 is 0 Å². The number of aryl methyl sites for hydroxylation is 1. The Labute approximate surface area is 172 Å². The van der Waals surface area contributed by atoms with E-state index in [-0.39, 0.29) is 16.7 Å². The first kappa shape index (κ1) is 21.9. The van der Waals surface area contributed by atoms with E-state index in [9.17, 15) is 13.2 Å². The van der Waals surface area contributed by atoms with Gasteiger partial charge in [0.2, 0.25) is 0 Å². The fraction of sp³-hybridized carbons (Fsp3) is 0.520. The summed E-state index contributed by atoms with van der Waals surface area (Å²) in [7, 11) is 0. The number of ether oxygens (including phenoxy) is 1. The van der Waals surface area contributed by atoms with Gasteiger partial charge in [0.15, 0.2) is 11.6 Å². The van der Waals surface area contributed by atoms with E-state index in [1.165, 1.54) is 37.5 Å². The number of hydrogen-bond donors (Lipinski definition) is 0. The molecule has 0 aromatic heterocycles. The lowest BCUT2D eigenvalue weighted by Crippen LogP contribution is -2.21. The van der Waals surface area contributed by atoms with Crippen molar-refractivity contribution in [2.45, 2.75) is 71.3 Å². The second kappa shape index (κ2) is 10.3. The molecule has 0 radical (unpaired) electrons. The Morgan fingerprint density at radius 1 is 0.897 bits per heavy atom. The van der Waals surface area contributed by atoms with Crippen molar-refractivity contribution in [2.24, 2.45) is 5.92 Å². The lowest BCUT2D eigenvalue weighted by Gasteiger charge is -2.29. The highest BCUT2D eigenvalue weighted by atomic mass is 19.2. The summed E-state index contributed by atoms with van der Waals surface area (Å²) in [5.41, 5.74) is 1.14. The number of rotatable bonds is 8. The third-order valence-corrected chi connectivity index (χ3v) is 5.91. The van der Waals surface area contributed by atoms with E-state index in [0.717, 1.165) is 31.2 Å². The second-order valence-corrected chi connectivity index (χ2v) is 8.16. The molecule has 2 unspecified atom stereocenters. The summed E-state index contributed by atoms with van der Waals surface area (Å²) in [6.07, 6.45) is 7.60. The Balaban J connectivity index is 1.74. The van der Waals surface area contributed by atoms with Crippen molar-refractivity contribution in [3.8, 4) is 11.1 Å². The quantitative estimate of drug-likeness (QED) is 0.408. The molecule has 0 saturated carbocycles. The molecule has 0 spiro atoms. The van der Waals surface area contributed by atoms with Crippen molar-refractivity contribution in [1.29, 1.82) is 0 Å². The minimum Gasteiger partial charge on any atom is -0.373 e. The maximum atomic E-state index is 14.8. The average Bonchev–Trinajstić information content (AvgIpc) is 2.72. The topological polar surface area (TPSA) is 9.23 Å². The van der Waals surface area contributed by atoms with Crippen molar-refractivity contribution in [2.75, 3.05) is 6.61 Å². The summed E-state index contributed by atoms with van der Waals surface area (Å²) in [5.74, 6) is -1.95. The maximum Gasteiger partial charge on any atom is 0.167 e. The van der Waals surface area contributed by atoms with Crippen molar-refractivity contribution in [3.05, 3.63) is 58.9 Å². The van der Waals surface area contributed by atoms with Gasteiger partial charge in [0, 0.05) is 16.7 Å². The van der Waals surface area contributed by atoms with Gasteiger partial charge in [-0.05, 0) is 43.2 Å². The zero-order chi connectivity index (χ0) is 20.8. The molecule has 1 saturated heterocycles. The molecule has 4 heteroatoms. The molecule has 2 aromatic rings. The smallest absolute Gasteiger partial charge is 0.167 e. The van der Waals surface area contributed by atoms with Crippen LogP contribution in [0.3, 0.4) is 0 Å². The molecular formula is C25H31F3O. The van der Waals surface area contributed by atoms with E-state index in [1.807, 2.05) is 6.92 Å². The molecule has 3 rings (SSSR count). The molecule has 1 aliphatic rings. The first-order valence-corrected chi connectivity index (χ1v) is 10.9. The van der Waals surface area contributed by atoms with Gasteiger partial charge in [-0.1, -0.05) is 63.8 Å². The van der Waals surface area contributed by atoms with E-state index < -0.39 is 23.6 Å². The number of unbranched alkanes of at least 4 members (excludes halogenated alkanes) is 2. The minimum atomic E-state index is -1.00. The SMILES string of the molecule is CCCCCC1CCC(c2ccc(-c3ccc(CCC)cc3F)c(F)c2F)OC1. The Morgan fingerprint density at radius 3 is 2.34 bits per heavy atom. The van der Waals surface area contributed by atoms with Crippen molar-refractivity contribution >= 4 is 0 Å². The van der Waals surface area contributed by atoms with E-state index in [1.54, 1.807) is 12.1 Å². The van der Waals surface area contributed by atoms with Gasteiger partial charge in [0.1, 0.15) is 5.82 Å². The van der Waals surface area contributed by atoms with Gasteiger partial charge in [-0.2, -0.15) is 0 Å². The molecular weight excluding hydrogens is 373 g/mol. The Hall–Kier alpha value is -1.81. The van der Waals surface area contributed by atoms with Gasteiger partial charge in [-0.25, -0.2) is 13.2 Å². The van der Waals surface area contributed by atoms with E-state index >= 15 is 0 Å². The fourth-order valence-corrected chi connectivity index (χ4v) is 4.20. The number of benzene rings is 2. The monoisotopic (exact) mass is 404 g/mol. The van der Waals surface area contributed by atoms with Gasteiger partial charge in [-0.3, -0.25) is 0 Å². The van der Waals surface area contributed by atoms with Gasteiger partial charge >= 0.3 is 0 Å². The summed E-state index contributed by atoms with van der Waals surface area (Å²) in [4.78, 5) is 0. The standard InChI is InChI=1S/C25H31F3O/c1-3-5-6-8-18-10-14-23(29-16-18)21-13-12-20(24(27)25(21)28)19-11-9-17(7-4-2)15-22(19)26/h9,11-13,15,18,23H,3-8,10,14,16H2,1-2H3. The number of hydrogen-bond acceptors (Lipinski definition) is 1. The van der Waals surface area contributed by atoms with Crippen molar-refractivity contribution in [3.63, 3.8) is 0 Å². The van der Waals surface area contributed by atoms with E-state index in [4.69, 9.17) is 4.74 Å². The summed E-state index contributed by atoms with van der Waals surface area (Å²) in [6.45, 7) is 4.78. The Kier molecular flexibility index (Phi) is 7.77. The van der Waals surface area contributed by atoms with E-state index in [0.29, 0.717) is 18.9 Å². The van der Waals surface area contributed by atoms with Crippen LogP contribution in [0.25, 0.3) is 11.1 Å². The molecule has 1 heterocycles. The van der Waals surface area contributed by atoms with Crippen LogP contribution in [0.4, 0.5) is 13.2 Å². The highest BCUT2D eigenvalue weighted by Gasteiger charge is 2.27. The fourth-order valence-electron chi connectivity index (χ4n) is 4.20.